The third kappa shape index (κ3) is 1.70. The predicted molar refractivity (Wildman–Crippen MR) is 46.3 cm³/mol. The molecule has 0 fully saturated rings. The number of alkyl halides is 1. The van der Waals surface area contributed by atoms with Crippen LogP contribution in [0.5, 0.6) is 0 Å². The van der Waals surface area contributed by atoms with Gasteiger partial charge >= 0.3 is 0 Å². The second-order valence-electron chi connectivity index (χ2n) is 2.03. The minimum Gasteiger partial charge on any atom is -0.389 e. The third-order valence-electron chi connectivity index (χ3n) is 1.19. The Labute approximate surface area is 73.2 Å². The summed E-state index contributed by atoms with van der Waals surface area (Å²) in [4.78, 5) is 14.9. The predicted octanol–water partition coefficient (Wildman–Crippen LogP) is 1.46. The quantitative estimate of drug-likeness (QED) is 0.568. The summed E-state index contributed by atoms with van der Waals surface area (Å²) < 4.78 is 0. The molecule has 0 bridgehead atoms. The fraction of sp³-hybridized carbons (Fsp3) is 0.333. The molecule has 0 unspecified atom stereocenters. The van der Waals surface area contributed by atoms with Gasteiger partial charge < -0.3 is 5.73 Å². The molecular formula is C6H7ClN2OS. The summed E-state index contributed by atoms with van der Waals surface area (Å²) >= 11 is 6.50. The second kappa shape index (κ2) is 3.19. The molecule has 5 heteroatoms. The average molecular weight is 191 g/mol. The lowest BCUT2D eigenvalue weighted by Gasteiger charge is -1.84. The molecule has 0 aliphatic carbocycles. The number of aryl methyl sites for hydroxylation is 1. The van der Waals surface area contributed by atoms with Crippen LogP contribution in [0.25, 0.3) is 0 Å². The van der Waals surface area contributed by atoms with Crippen molar-refractivity contribution in [3.05, 3.63) is 10.7 Å². The summed E-state index contributed by atoms with van der Waals surface area (Å²) in [5.41, 5.74) is 6.19. The van der Waals surface area contributed by atoms with E-state index in [2.05, 4.69) is 4.98 Å². The van der Waals surface area contributed by atoms with Gasteiger partial charge in [-0.3, -0.25) is 4.79 Å². The Balaban J connectivity index is 2.97. The minimum absolute atomic E-state index is 0.0353. The maximum Gasteiger partial charge on any atom is 0.206 e. The first kappa shape index (κ1) is 8.49. The number of aromatic nitrogens is 1. The summed E-state index contributed by atoms with van der Waals surface area (Å²) in [6.07, 6.45) is 0. The number of nitrogens with zero attached hydrogens (tertiary/aromatic N) is 1. The van der Waals surface area contributed by atoms with E-state index in [1.165, 1.54) is 11.3 Å². The van der Waals surface area contributed by atoms with Crippen molar-refractivity contribution in [2.24, 2.45) is 0 Å². The zero-order valence-corrected chi connectivity index (χ0v) is 7.50. The summed E-state index contributed by atoms with van der Waals surface area (Å²) in [7, 11) is 0. The largest absolute Gasteiger partial charge is 0.389 e. The van der Waals surface area contributed by atoms with Crippen LogP contribution >= 0.6 is 22.9 Å². The van der Waals surface area contributed by atoms with E-state index in [0.717, 1.165) is 0 Å². The van der Waals surface area contributed by atoms with Crippen LogP contribution < -0.4 is 5.73 Å². The van der Waals surface area contributed by atoms with E-state index < -0.39 is 0 Å². The van der Waals surface area contributed by atoms with Crippen LogP contribution in [0.2, 0.25) is 0 Å². The van der Waals surface area contributed by atoms with Crippen LogP contribution in [-0.4, -0.2) is 16.6 Å². The summed E-state index contributed by atoms with van der Waals surface area (Å²) in [6.45, 7) is 1.76. The van der Waals surface area contributed by atoms with E-state index >= 15 is 0 Å². The molecule has 0 saturated carbocycles. The van der Waals surface area contributed by atoms with Gasteiger partial charge in [-0.05, 0) is 6.92 Å². The topological polar surface area (TPSA) is 56.0 Å². The molecule has 0 radical (unpaired) electrons. The van der Waals surface area contributed by atoms with Gasteiger partial charge in [0.15, 0.2) is 5.01 Å². The normalized spacial score (nSPS) is 10.0. The summed E-state index contributed by atoms with van der Waals surface area (Å²) in [6, 6.07) is 0. The average Bonchev–Trinajstić information content (AvgIpc) is 2.31. The van der Waals surface area contributed by atoms with Gasteiger partial charge in [0.1, 0.15) is 5.00 Å². The van der Waals surface area contributed by atoms with Gasteiger partial charge in [0, 0.05) is 0 Å². The van der Waals surface area contributed by atoms with Crippen molar-refractivity contribution in [1.82, 2.24) is 4.98 Å². The molecule has 3 nitrogen and oxygen atoms in total. The molecule has 1 rings (SSSR count). The van der Waals surface area contributed by atoms with Gasteiger partial charge in [0.2, 0.25) is 5.78 Å². The Kier molecular flexibility index (Phi) is 2.46. The molecule has 2 N–H and O–H groups in total. The zero-order valence-electron chi connectivity index (χ0n) is 5.93. The van der Waals surface area contributed by atoms with E-state index in [1.54, 1.807) is 6.92 Å². The highest BCUT2D eigenvalue weighted by Gasteiger charge is 2.10. The molecule has 0 spiro atoms. The van der Waals surface area contributed by atoms with E-state index in [-0.39, 0.29) is 11.7 Å². The Morgan fingerprint density at radius 3 is 2.82 bits per heavy atom. The van der Waals surface area contributed by atoms with Crippen molar-refractivity contribution in [2.45, 2.75) is 6.92 Å². The van der Waals surface area contributed by atoms with Gasteiger partial charge in [-0.1, -0.05) is 11.3 Å². The van der Waals surface area contributed by atoms with Crippen LogP contribution in [0.4, 0.5) is 5.00 Å². The lowest BCUT2D eigenvalue weighted by atomic mass is 10.4. The Bertz CT molecular complexity index is 265. The minimum atomic E-state index is -0.170. The number of anilines is 1. The molecule has 60 valence electrons. The second-order valence-corrected chi connectivity index (χ2v) is 3.32. The highest BCUT2D eigenvalue weighted by molar-refractivity contribution is 7.17. The molecule has 11 heavy (non-hydrogen) atoms. The van der Waals surface area contributed by atoms with Crippen molar-refractivity contribution < 1.29 is 4.79 Å². The first-order valence-electron chi connectivity index (χ1n) is 2.97. The maximum atomic E-state index is 10.9. The number of ketones is 1. The standard InChI is InChI=1S/C6H7ClN2OS/c1-3-5(8)11-6(9-3)4(10)2-7/h2,8H2,1H3. The fourth-order valence-electron chi connectivity index (χ4n) is 0.585. The highest BCUT2D eigenvalue weighted by Crippen LogP contribution is 2.20. The third-order valence-corrected chi connectivity index (χ3v) is 2.46. The van der Waals surface area contributed by atoms with Crippen molar-refractivity contribution in [3.8, 4) is 0 Å². The van der Waals surface area contributed by atoms with Crippen molar-refractivity contribution in [2.75, 3.05) is 11.6 Å². The van der Waals surface area contributed by atoms with Crippen LogP contribution in [0.1, 0.15) is 15.5 Å². The number of halogens is 1. The maximum absolute atomic E-state index is 10.9. The Hall–Kier alpha value is -0.610. The molecular weight excluding hydrogens is 184 g/mol. The number of thiazole rings is 1. The molecule has 0 atom stereocenters. The number of Topliss-reactive ketones (excluding diaryl/α,β-unsaturated/α-hetero) is 1. The fourth-order valence-corrected chi connectivity index (χ4v) is 1.56. The van der Waals surface area contributed by atoms with E-state index in [4.69, 9.17) is 17.3 Å². The molecule has 0 aliphatic rings. The number of nitrogen functional groups attached to an aromatic ring is 1. The number of carbonyl (C=O) groups is 1. The Morgan fingerprint density at radius 1 is 1.82 bits per heavy atom. The molecule has 0 aliphatic heterocycles. The lowest BCUT2D eigenvalue weighted by Crippen LogP contribution is -1.98. The van der Waals surface area contributed by atoms with E-state index in [9.17, 15) is 4.79 Å². The van der Waals surface area contributed by atoms with Crippen molar-refractivity contribution in [3.63, 3.8) is 0 Å². The molecule has 0 aromatic carbocycles. The summed E-state index contributed by atoms with van der Waals surface area (Å²) in [5, 5.41) is 0.980. The molecule has 0 saturated heterocycles. The smallest absolute Gasteiger partial charge is 0.206 e. The van der Waals surface area contributed by atoms with Gasteiger partial charge in [0.25, 0.3) is 0 Å². The monoisotopic (exact) mass is 190 g/mol. The number of carbonyl (C=O) groups excluding carboxylic acids is 1. The van der Waals surface area contributed by atoms with Crippen LogP contribution in [0, 0.1) is 6.92 Å². The molecule has 1 aromatic rings. The van der Waals surface area contributed by atoms with Crippen molar-refractivity contribution in [1.29, 1.82) is 0 Å². The molecule has 1 heterocycles. The van der Waals surface area contributed by atoms with Gasteiger partial charge in [-0.2, -0.15) is 0 Å². The first-order valence-corrected chi connectivity index (χ1v) is 4.32. The number of hydrogen-bond donors (Lipinski definition) is 1. The van der Waals surface area contributed by atoms with Crippen LogP contribution in [0.15, 0.2) is 0 Å². The summed E-state index contributed by atoms with van der Waals surface area (Å²) in [5.74, 6) is -0.205. The highest BCUT2D eigenvalue weighted by atomic mass is 35.5. The number of nitrogens with two attached hydrogens (primary N) is 1. The van der Waals surface area contributed by atoms with Crippen LogP contribution in [0.3, 0.4) is 0 Å². The number of hydrogen-bond acceptors (Lipinski definition) is 4. The van der Waals surface area contributed by atoms with E-state index in [0.29, 0.717) is 15.7 Å². The SMILES string of the molecule is Cc1nc(C(=O)CCl)sc1N. The number of rotatable bonds is 2. The van der Waals surface area contributed by atoms with Crippen LogP contribution in [-0.2, 0) is 0 Å². The van der Waals surface area contributed by atoms with E-state index in [1.807, 2.05) is 0 Å². The van der Waals surface area contributed by atoms with Gasteiger partial charge in [-0.25, -0.2) is 4.98 Å². The first-order chi connectivity index (χ1) is 5.15. The molecule has 1 aromatic heterocycles. The van der Waals surface area contributed by atoms with Gasteiger partial charge in [0.05, 0.1) is 11.6 Å². The molecule has 0 amide bonds. The van der Waals surface area contributed by atoms with Gasteiger partial charge in [-0.15, -0.1) is 11.6 Å². The van der Waals surface area contributed by atoms with Crippen molar-refractivity contribution >= 4 is 33.7 Å². The lowest BCUT2D eigenvalue weighted by molar-refractivity contribution is 0.102. The Morgan fingerprint density at radius 2 is 2.45 bits per heavy atom. The zero-order chi connectivity index (χ0) is 8.43.